The van der Waals surface area contributed by atoms with Gasteiger partial charge in [-0.3, -0.25) is 9.59 Å². The van der Waals surface area contributed by atoms with Gasteiger partial charge in [0.15, 0.2) is 17.8 Å². The van der Waals surface area contributed by atoms with E-state index in [2.05, 4.69) is 15.9 Å². The number of aliphatic carboxylic acids is 1. The van der Waals surface area contributed by atoms with E-state index in [1.807, 2.05) is 0 Å². The first-order valence-corrected chi connectivity index (χ1v) is 7.16. The van der Waals surface area contributed by atoms with Crippen molar-refractivity contribution in [2.75, 3.05) is 13.2 Å². The van der Waals surface area contributed by atoms with Crippen LogP contribution in [0.3, 0.4) is 0 Å². The highest BCUT2D eigenvalue weighted by Gasteiger charge is 2.50. The number of carboxylic acids is 1. The number of carbonyl (C=O) groups is 2. The number of hydrogen-bond donors (Lipinski definition) is 1. The molecule has 0 saturated heterocycles. The number of hydrogen-bond acceptors (Lipinski definition) is 4. The molecule has 1 aliphatic carbocycles. The van der Waals surface area contributed by atoms with E-state index in [4.69, 9.17) is 14.6 Å². The standard InChI is InChI=1S/C14H13BrO5/c15-9-5-8(7-16)12-13(20-4-3-19-12)11(9)14(1-2-14)6-10(17)18/h5,7H,1-4,6H2,(H,17,18). The van der Waals surface area contributed by atoms with Gasteiger partial charge in [-0.1, -0.05) is 15.9 Å². The first-order chi connectivity index (χ1) is 9.57. The maximum Gasteiger partial charge on any atom is 0.304 e. The highest BCUT2D eigenvalue weighted by Crippen LogP contribution is 2.58. The second kappa shape index (κ2) is 4.77. The summed E-state index contributed by atoms with van der Waals surface area (Å²) in [6.45, 7) is 0.790. The van der Waals surface area contributed by atoms with Crippen LogP contribution >= 0.6 is 15.9 Å². The molecule has 1 N–H and O–H groups in total. The van der Waals surface area contributed by atoms with Gasteiger partial charge in [-0.25, -0.2) is 0 Å². The number of rotatable bonds is 4. The van der Waals surface area contributed by atoms with Crippen molar-refractivity contribution in [3.05, 3.63) is 21.7 Å². The molecular weight excluding hydrogens is 328 g/mol. The van der Waals surface area contributed by atoms with E-state index in [0.717, 1.165) is 24.7 Å². The van der Waals surface area contributed by atoms with Crippen molar-refractivity contribution in [2.45, 2.75) is 24.7 Å². The van der Waals surface area contributed by atoms with Gasteiger partial charge in [-0.15, -0.1) is 0 Å². The minimum Gasteiger partial charge on any atom is -0.486 e. The zero-order chi connectivity index (χ0) is 14.3. The van der Waals surface area contributed by atoms with Crippen molar-refractivity contribution in [3.8, 4) is 11.5 Å². The van der Waals surface area contributed by atoms with Crippen molar-refractivity contribution in [1.82, 2.24) is 0 Å². The van der Waals surface area contributed by atoms with Crippen LogP contribution < -0.4 is 9.47 Å². The maximum atomic E-state index is 11.1. The number of carbonyl (C=O) groups excluding carboxylic acids is 1. The van der Waals surface area contributed by atoms with Gasteiger partial charge in [0.05, 0.1) is 12.0 Å². The zero-order valence-electron chi connectivity index (χ0n) is 10.6. The van der Waals surface area contributed by atoms with E-state index in [1.54, 1.807) is 6.07 Å². The summed E-state index contributed by atoms with van der Waals surface area (Å²) in [4.78, 5) is 22.2. The van der Waals surface area contributed by atoms with Gasteiger partial charge in [-0.2, -0.15) is 0 Å². The predicted molar refractivity (Wildman–Crippen MR) is 73.7 cm³/mol. The van der Waals surface area contributed by atoms with Crippen molar-refractivity contribution in [2.24, 2.45) is 0 Å². The summed E-state index contributed by atoms with van der Waals surface area (Å²) >= 11 is 3.45. The van der Waals surface area contributed by atoms with Crippen molar-refractivity contribution in [1.29, 1.82) is 0 Å². The topological polar surface area (TPSA) is 72.8 Å². The molecule has 0 radical (unpaired) electrons. The Bertz CT molecular complexity index is 592. The van der Waals surface area contributed by atoms with E-state index in [-0.39, 0.29) is 6.42 Å². The summed E-state index contributed by atoms with van der Waals surface area (Å²) in [5.74, 6) is 0.118. The molecule has 5 nitrogen and oxygen atoms in total. The van der Waals surface area contributed by atoms with Crippen LogP contribution in [0.2, 0.25) is 0 Å². The lowest BCUT2D eigenvalue weighted by atomic mass is 9.90. The van der Waals surface area contributed by atoms with Gasteiger partial charge in [0.1, 0.15) is 13.2 Å². The second-order valence-electron chi connectivity index (χ2n) is 5.15. The van der Waals surface area contributed by atoms with Crippen LogP contribution in [-0.2, 0) is 10.2 Å². The summed E-state index contributed by atoms with van der Waals surface area (Å²) in [5.41, 5.74) is 0.832. The van der Waals surface area contributed by atoms with Crippen molar-refractivity contribution in [3.63, 3.8) is 0 Å². The van der Waals surface area contributed by atoms with Crippen LogP contribution in [-0.4, -0.2) is 30.6 Å². The molecule has 2 aliphatic rings. The molecule has 20 heavy (non-hydrogen) atoms. The number of aldehydes is 1. The maximum absolute atomic E-state index is 11.1. The molecule has 0 bridgehead atoms. The number of ether oxygens (including phenoxy) is 2. The Morgan fingerprint density at radius 1 is 1.35 bits per heavy atom. The molecule has 0 unspecified atom stereocenters. The van der Waals surface area contributed by atoms with Crippen LogP contribution in [0.15, 0.2) is 10.5 Å². The van der Waals surface area contributed by atoms with Gasteiger partial charge >= 0.3 is 5.97 Å². The molecule has 0 atom stereocenters. The second-order valence-corrected chi connectivity index (χ2v) is 6.00. The molecule has 106 valence electrons. The lowest BCUT2D eigenvalue weighted by Crippen LogP contribution is -2.22. The van der Waals surface area contributed by atoms with E-state index >= 15 is 0 Å². The molecule has 6 heteroatoms. The van der Waals surface area contributed by atoms with Gasteiger partial charge in [0.25, 0.3) is 0 Å². The average molecular weight is 341 g/mol. The third kappa shape index (κ3) is 2.08. The highest BCUT2D eigenvalue weighted by atomic mass is 79.9. The number of benzene rings is 1. The number of halogens is 1. The molecule has 0 amide bonds. The highest BCUT2D eigenvalue weighted by molar-refractivity contribution is 9.10. The Hall–Kier alpha value is -1.56. The normalized spacial score (nSPS) is 18.4. The van der Waals surface area contributed by atoms with E-state index < -0.39 is 11.4 Å². The van der Waals surface area contributed by atoms with Crippen LogP contribution in [0.25, 0.3) is 0 Å². The van der Waals surface area contributed by atoms with Crippen molar-refractivity contribution >= 4 is 28.2 Å². The fourth-order valence-corrected chi connectivity index (χ4v) is 3.59. The Balaban J connectivity index is 2.16. The molecule has 1 aliphatic heterocycles. The zero-order valence-corrected chi connectivity index (χ0v) is 12.2. The summed E-state index contributed by atoms with van der Waals surface area (Å²) in [6.07, 6.45) is 2.38. The van der Waals surface area contributed by atoms with E-state index in [0.29, 0.717) is 34.7 Å². The van der Waals surface area contributed by atoms with Crippen LogP contribution in [0.5, 0.6) is 11.5 Å². The summed E-state index contributed by atoms with van der Waals surface area (Å²) in [6, 6.07) is 1.68. The van der Waals surface area contributed by atoms with Gasteiger partial charge < -0.3 is 14.6 Å². The molecule has 1 heterocycles. The van der Waals surface area contributed by atoms with E-state index in [9.17, 15) is 9.59 Å². The minimum atomic E-state index is -0.834. The van der Waals surface area contributed by atoms with E-state index in [1.165, 1.54) is 0 Å². The first-order valence-electron chi connectivity index (χ1n) is 6.37. The molecule has 1 aromatic rings. The molecular formula is C14H13BrO5. The molecule has 0 spiro atoms. The summed E-state index contributed by atoms with van der Waals surface area (Å²) in [5, 5.41) is 9.10. The van der Waals surface area contributed by atoms with Gasteiger partial charge in [0.2, 0.25) is 0 Å². The summed E-state index contributed by atoms with van der Waals surface area (Å²) in [7, 11) is 0. The third-order valence-electron chi connectivity index (χ3n) is 3.79. The predicted octanol–water partition coefficient (Wildman–Crippen LogP) is 2.54. The monoisotopic (exact) mass is 340 g/mol. The molecule has 1 aromatic carbocycles. The quantitative estimate of drug-likeness (QED) is 0.852. The third-order valence-corrected chi connectivity index (χ3v) is 4.42. The first kappa shape index (κ1) is 13.4. The fourth-order valence-electron chi connectivity index (χ4n) is 2.74. The molecule has 1 saturated carbocycles. The Labute approximate surface area is 124 Å². The molecule has 0 aromatic heterocycles. The smallest absolute Gasteiger partial charge is 0.304 e. The number of fused-ring (bicyclic) bond motifs is 1. The largest absolute Gasteiger partial charge is 0.486 e. The summed E-state index contributed by atoms with van der Waals surface area (Å²) < 4.78 is 11.9. The van der Waals surface area contributed by atoms with Crippen molar-refractivity contribution < 1.29 is 24.2 Å². The van der Waals surface area contributed by atoms with Gasteiger partial charge in [0, 0.05) is 15.5 Å². The Morgan fingerprint density at radius 2 is 2.00 bits per heavy atom. The van der Waals surface area contributed by atoms with Crippen LogP contribution in [0.4, 0.5) is 0 Å². The number of carboxylic acid groups (broad SMARTS) is 1. The molecule has 3 rings (SSSR count). The van der Waals surface area contributed by atoms with Gasteiger partial charge in [-0.05, 0) is 18.9 Å². The minimum absolute atomic E-state index is 0.0574. The van der Waals surface area contributed by atoms with Crippen LogP contribution in [0.1, 0.15) is 35.2 Å². The Morgan fingerprint density at radius 3 is 2.55 bits per heavy atom. The average Bonchev–Trinajstić information content (AvgIpc) is 3.17. The SMILES string of the molecule is O=Cc1cc(Br)c(C2(CC(=O)O)CC2)c2c1OCCO2. The van der Waals surface area contributed by atoms with Crippen LogP contribution in [0, 0.1) is 0 Å². The Kier molecular flexibility index (Phi) is 3.20. The lowest BCUT2D eigenvalue weighted by molar-refractivity contribution is -0.137. The fraction of sp³-hybridized carbons (Fsp3) is 0.429. The molecule has 1 fully saturated rings. The lowest BCUT2D eigenvalue weighted by Gasteiger charge is -2.26.